The number of nitrogens with one attached hydrogen (secondary N) is 2. The Morgan fingerprint density at radius 2 is 1.06 bits per heavy atom. The summed E-state index contributed by atoms with van der Waals surface area (Å²) < 4.78 is 41.2. The second-order valence-corrected chi connectivity index (χ2v) is 12.3. The number of benzene rings is 4. The summed E-state index contributed by atoms with van der Waals surface area (Å²) in [6, 6.07) is 21.7. The number of aromatic nitrogens is 4. The Morgan fingerprint density at radius 1 is 0.651 bits per heavy atom. The van der Waals surface area contributed by atoms with Crippen LogP contribution in [0.3, 0.4) is 0 Å². The summed E-state index contributed by atoms with van der Waals surface area (Å²) >= 11 is 0. The number of halogens is 2. The van der Waals surface area contributed by atoms with Crippen LogP contribution in [-0.4, -0.2) is 62.8 Å². The van der Waals surface area contributed by atoms with Gasteiger partial charge in [-0.25, -0.2) is 8.78 Å². The molecule has 0 aliphatic rings. The minimum atomic E-state index is -0.379. The SMILES string of the molecule is CNC(=O)c1c(-c2ccc(F)cc2)oc2ccc(-n3cc(C)ncc3=O)cc12.CNC(=O)c1c(-c2ccc(F)cc2)oc2ccc(-n3ccncc3=O)cc12.O=C=O.O=C=O.[Na+].[OH-]. The van der Waals surface area contributed by atoms with Crippen molar-refractivity contribution in [1.82, 2.24) is 29.7 Å². The minimum absolute atomic E-state index is 0. The van der Waals surface area contributed by atoms with Crippen molar-refractivity contribution in [3.05, 3.63) is 165 Å². The van der Waals surface area contributed by atoms with E-state index < -0.39 is 0 Å². The summed E-state index contributed by atoms with van der Waals surface area (Å²) in [5, 5.41) is 6.31. The van der Waals surface area contributed by atoms with Crippen molar-refractivity contribution in [3.63, 3.8) is 0 Å². The van der Waals surface area contributed by atoms with Crippen molar-refractivity contribution in [2.75, 3.05) is 14.1 Å². The number of hydrogen-bond acceptors (Lipinski definition) is 13. The Morgan fingerprint density at radius 3 is 1.48 bits per heavy atom. The standard InChI is InChI=1S/C21H16FN3O3.C20H14FN3O3.2CO2.Na.H2O/c1-12-11-25(18(26)10-24-12)15-7-8-17-16(9-15)19(21(27)23-2)20(28-17)13-3-5-14(22)6-4-13;1-22-20(26)18-15-10-14(24-9-8-23-11-17(24)25)6-7-16(15)27-19(18)12-2-4-13(21)5-3-12;2*2-1-3;;/h3-11H,1-2H3,(H,23,27);2-11H,1H3,(H,22,26);;;;1H2/q;;;;+1;/p-1. The number of rotatable bonds is 6. The van der Waals surface area contributed by atoms with Crippen molar-refractivity contribution in [1.29, 1.82) is 0 Å². The Labute approximate surface area is 375 Å². The molecule has 4 aromatic carbocycles. The molecule has 8 rings (SSSR count). The molecule has 0 saturated carbocycles. The molecule has 0 fully saturated rings. The first-order valence-electron chi connectivity index (χ1n) is 17.6. The minimum Gasteiger partial charge on any atom is -0.870 e. The molecule has 4 heterocycles. The molecule has 314 valence electrons. The molecule has 0 unspecified atom stereocenters. The van der Waals surface area contributed by atoms with Gasteiger partial charge in [-0.15, -0.1) is 0 Å². The third-order valence-electron chi connectivity index (χ3n) is 8.68. The van der Waals surface area contributed by atoms with E-state index >= 15 is 0 Å². The van der Waals surface area contributed by atoms with Crippen LogP contribution >= 0.6 is 0 Å². The molecule has 3 N–H and O–H groups in total. The van der Waals surface area contributed by atoms with Gasteiger partial charge in [-0.1, -0.05) is 0 Å². The van der Waals surface area contributed by atoms with Crippen LogP contribution in [0.2, 0.25) is 0 Å². The van der Waals surface area contributed by atoms with E-state index in [9.17, 15) is 28.0 Å². The zero-order valence-electron chi connectivity index (χ0n) is 33.5. The van der Waals surface area contributed by atoms with Crippen molar-refractivity contribution >= 4 is 46.1 Å². The maximum Gasteiger partial charge on any atom is 1.00 e. The molecular formula is C43H31F2N6NaO11. The molecule has 2 amide bonds. The van der Waals surface area contributed by atoms with Gasteiger partial charge in [-0.05, 0) is 91.9 Å². The average molecular weight is 869 g/mol. The van der Waals surface area contributed by atoms with E-state index in [-0.39, 0.29) is 81.9 Å². The monoisotopic (exact) mass is 868 g/mol. The van der Waals surface area contributed by atoms with Gasteiger partial charge in [-0.2, -0.15) is 19.2 Å². The molecule has 0 spiro atoms. The van der Waals surface area contributed by atoms with Gasteiger partial charge in [0.2, 0.25) is 0 Å². The zero-order valence-corrected chi connectivity index (χ0v) is 35.5. The number of fused-ring (bicyclic) bond motifs is 2. The molecular weight excluding hydrogens is 837 g/mol. The fourth-order valence-corrected chi connectivity index (χ4v) is 6.05. The predicted molar refractivity (Wildman–Crippen MR) is 213 cm³/mol. The summed E-state index contributed by atoms with van der Waals surface area (Å²) in [4.78, 5) is 89.7. The van der Waals surface area contributed by atoms with Crippen LogP contribution in [-0.2, 0) is 19.2 Å². The smallest absolute Gasteiger partial charge is 0.870 e. The molecule has 0 atom stereocenters. The predicted octanol–water partition coefficient (Wildman–Crippen LogP) is 2.26. The van der Waals surface area contributed by atoms with E-state index in [1.54, 1.807) is 80.0 Å². The molecule has 8 aromatic rings. The number of carbonyl (C=O) groups excluding carboxylic acids is 6. The van der Waals surface area contributed by atoms with Crippen molar-refractivity contribution < 1.29 is 81.4 Å². The molecule has 0 aliphatic heterocycles. The van der Waals surface area contributed by atoms with Gasteiger partial charge in [0, 0.05) is 66.0 Å². The largest absolute Gasteiger partial charge is 1.00 e. The van der Waals surface area contributed by atoms with Crippen LogP contribution in [0.4, 0.5) is 8.78 Å². The molecule has 4 aromatic heterocycles. The van der Waals surface area contributed by atoms with E-state index in [1.165, 1.54) is 66.1 Å². The van der Waals surface area contributed by atoms with Crippen molar-refractivity contribution in [2.24, 2.45) is 0 Å². The first-order chi connectivity index (χ1) is 29.4. The van der Waals surface area contributed by atoms with E-state index in [2.05, 4.69) is 20.6 Å². The van der Waals surface area contributed by atoms with E-state index in [4.69, 9.17) is 28.0 Å². The molecule has 0 saturated heterocycles. The Bertz CT molecular complexity index is 3070. The first kappa shape index (κ1) is 49.6. The number of hydrogen-bond donors (Lipinski definition) is 2. The molecule has 20 heteroatoms. The Kier molecular flexibility index (Phi) is 17.9. The average Bonchev–Trinajstić information content (AvgIpc) is 3.84. The van der Waals surface area contributed by atoms with Crippen LogP contribution in [0.25, 0.3) is 56.0 Å². The maximum absolute atomic E-state index is 13.3. The molecule has 17 nitrogen and oxygen atoms in total. The topological polar surface area (TPSA) is 253 Å². The van der Waals surface area contributed by atoms with Gasteiger partial charge in [0.25, 0.3) is 22.9 Å². The van der Waals surface area contributed by atoms with Gasteiger partial charge in [0.1, 0.15) is 34.3 Å². The van der Waals surface area contributed by atoms with E-state index in [0.717, 1.165) is 0 Å². The van der Waals surface area contributed by atoms with Gasteiger partial charge >= 0.3 is 41.9 Å². The van der Waals surface area contributed by atoms with Gasteiger partial charge in [0.15, 0.2) is 0 Å². The first-order valence-corrected chi connectivity index (χ1v) is 17.6. The van der Waals surface area contributed by atoms with Crippen molar-refractivity contribution in [2.45, 2.75) is 6.92 Å². The fraction of sp³-hybridized carbons (Fsp3) is 0.0698. The fourth-order valence-electron chi connectivity index (χ4n) is 6.05. The van der Waals surface area contributed by atoms with Crippen LogP contribution in [0.5, 0.6) is 0 Å². The van der Waals surface area contributed by atoms with Crippen LogP contribution in [0.1, 0.15) is 26.4 Å². The quantitative estimate of drug-likeness (QED) is 0.228. The Balaban J connectivity index is 0.000000290. The van der Waals surface area contributed by atoms with E-state index in [0.29, 0.717) is 72.8 Å². The molecule has 0 aliphatic carbocycles. The Hall–Kier alpha value is -7.76. The maximum atomic E-state index is 13.3. The number of aryl methyl sites for hydroxylation is 1. The van der Waals surface area contributed by atoms with Crippen molar-refractivity contribution in [3.8, 4) is 34.0 Å². The van der Waals surface area contributed by atoms with Crippen LogP contribution < -0.4 is 51.3 Å². The summed E-state index contributed by atoms with van der Waals surface area (Å²) in [5.74, 6) is -0.763. The second kappa shape index (κ2) is 22.7. The molecule has 0 radical (unpaired) electrons. The van der Waals surface area contributed by atoms with E-state index in [1.807, 2.05) is 0 Å². The normalized spacial score (nSPS) is 9.79. The summed E-state index contributed by atoms with van der Waals surface area (Å²) in [6.45, 7) is 1.79. The number of amides is 2. The van der Waals surface area contributed by atoms with Gasteiger partial charge in [0.05, 0.1) is 29.2 Å². The molecule has 63 heavy (non-hydrogen) atoms. The molecule has 0 bridgehead atoms. The third kappa shape index (κ3) is 11.3. The number of furan rings is 2. The zero-order chi connectivity index (χ0) is 44.2. The number of carbonyl (C=O) groups is 2. The summed E-state index contributed by atoms with van der Waals surface area (Å²) in [7, 11) is 3.04. The second-order valence-electron chi connectivity index (χ2n) is 12.3. The van der Waals surface area contributed by atoms with Gasteiger partial charge in [-0.3, -0.25) is 38.3 Å². The summed E-state index contributed by atoms with van der Waals surface area (Å²) in [5.41, 5.74) is 4.04. The van der Waals surface area contributed by atoms with Crippen LogP contribution in [0, 0.1) is 18.6 Å². The third-order valence-corrected chi connectivity index (χ3v) is 8.68. The number of nitrogens with zero attached hydrogens (tertiary/aromatic N) is 4. The van der Waals surface area contributed by atoms with Gasteiger partial charge < -0.3 is 24.9 Å². The summed E-state index contributed by atoms with van der Waals surface area (Å²) in [6.07, 6.45) is 7.64. The van der Waals surface area contributed by atoms with Crippen LogP contribution in [0.15, 0.2) is 134 Å².